The van der Waals surface area contributed by atoms with Gasteiger partial charge in [-0.15, -0.1) is 0 Å². The Hall–Kier alpha value is -2.42. The number of benzene rings is 1. The van der Waals surface area contributed by atoms with E-state index in [0.717, 1.165) is 50.1 Å². The molecule has 2 aromatic rings. The molecule has 1 fully saturated rings. The van der Waals surface area contributed by atoms with Gasteiger partial charge < -0.3 is 20.8 Å². The number of aliphatic hydroxyl groups is 2. The molecule has 0 spiro atoms. The molecule has 0 bridgehead atoms. The molecule has 1 aliphatic heterocycles. The number of hydrogen-bond acceptors (Lipinski definition) is 5. The van der Waals surface area contributed by atoms with E-state index >= 15 is 0 Å². The summed E-state index contributed by atoms with van der Waals surface area (Å²) in [7, 11) is 1.83. The van der Waals surface area contributed by atoms with Gasteiger partial charge in [-0.3, -0.25) is 9.58 Å². The summed E-state index contributed by atoms with van der Waals surface area (Å²) in [6, 6.07) is 8.55. The van der Waals surface area contributed by atoms with Gasteiger partial charge in [0.25, 0.3) is 0 Å². The molecular weight excluding hydrogens is 392 g/mol. The van der Waals surface area contributed by atoms with Crippen LogP contribution in [0.25, 0.3) is 0 Å². The highest BCUT2D eigenvalue weighted by Gasteiger charge is 2.25. The largest absolute Gasteiger partial charge is 0.393 e. The molecule has 4 N–H and O–H groups in total. The summed E-state index contributed by atoms with van der Waals surface area (Å²) in [6.45, 7) is 8.23. The van der Waals surface area contributed by atoms with Crippen LogP contribution in [-0.2, 0) is 25.7 Å². The fraction of sp³-hybridized carbons (Fsp3) is 0.565. The second-order valence-electron chi connectivity index (χ2n) is 8.55. The number of guanidine groups is 1. The molecule has 0 aliphatic carbocycles. The van der Waals surface area contributed by atoms with Gasteiger partial charge in [0.1, 0.15) is 5.60 Å². The molecule has 1 saturated heterocycles. The average Bonchev–Trinajstić information content (AvgIpc) is 3.20. The summed E-state index contributed by atoms with van der Waals surface area (Å²) >= 11 is 0. The van der Waals surface area contributed by atoms with E-state index in [2.05, 4.69) is 49.9 Å². The third-order valence-corrected chi connectivity index (χ3v) is 5.68. The van der Waals surface area contributed by atoms with E-state index in [1.165, 1.54) is 5.56 Å². The van der Waals surface area contributed by atoms with Crippen LogP contribution in [0.5, 0.6) is 0 Å². The molecule has 1 unspecified atom stereocenters. The molecule has 8 nitrogen and oxygen atoms in total. The third-order valence-electron chi connectivity index (χ3n) is 5.68. The predicted molar refractivity (Wildman–Crippen MR) is 123 cm³/mol. The Bertz CT molecular complexity index is 838. The summed E-state index contributed by atoms with van der Waals surface area (Å²) in [5.74, 6) is 0.669. The molecule has 3 rings (SSSR count). The molecule has 0 amide bonds. The van der Waals surface area contributed by atoms with Gasteiger partial charge in [-0.2, -0.15) is 5.10 Å². The van der Waals surface area contributed by atoms with Crippen LogP contribution in [0.1, 0.15) is 43.4 Å². The quantitative estimate of drug-likeness (QED) is 0.374. The van der Waals surface area contributed by atoms with Crippen molar-refractivity contribution in [1.82, 2.24) is 25.3 Å². The molecule has 31 heavy (non-hydrogen) atoms. The smallest absolute Gasteiger partial charge is 0.191 e. The van der Waals surface area contributed by atoms with Crippen molar-refractivity contribution in [1.29, 1.82) is 0 Å². The van der Waals surface area contributed by atoms with Gasteiger partial charge in [0, 0.05) is 45.0 Å². The summed E-state index contributed by atoms with van der Waals surface area (Å²) in [4.78, 5) is 7.05. The maximum Gasteiger partial charge on any atom is 0.191 e. The Labute approximate surface area is 185 Å². The highest BCUT2D eigenvalue weighted by atomic mass is 16.3. The number of nitrogens with one attached hydrogen (secondary N) is 2. The van der Waals surface area contributed by atoms with Crippen LogP contribution in [0, 0.1) is 0 Å². The fourth-order valence-corrected chi connectivity index (χ4v) is 3.66. The first-order valence-corrected chi connectivity index (χ1v) is 11.1. The number of nitrogens with zero attached hydrogens (tertiary/aromatic N) is 4. The van der Waals surface area contributed by atoms with Gasteiger partial charge in [0.05, 0.1) is 25.4 Å². The monoisotopic (exact) mass is 428 g/mol. The van der Waals surface area contributed by atoms with Gasteiger partial charge >= 0.3 is 0 Å². The number of aliphatic imine (C=N–C) groups is 1. The number of aliphatic hydroxyl groups excluding tert-OH is 1. The number of rotatable bonds is 8. The normalized spacial score (nSPS) is 18.0. The van der Waals surface area contributed by atoms with E-state index in [9.17, 15) is 10.2 Å². The van der Waals surface area contributed by atoms with E-state index in [-0.39, 0.29) is 6.10 Å². The van der Waals surface area contributed by atoms with Crippen LogP contribution in [0.4, 0.5) is 0 Å². The van der Waals surface area contributed by atoms with Gasteiger partial charge in [-0.25, -0.2) is 4.99 Å². The summed E-state index contributed by atoms with van der Waals surface area (Å²) < 4.78 is 1.68. The van der Waals surface area contributed by atoms with Gasteiger partial charge in [0.2, 0.25) is 0 Å². The molecule has 8 heteroatoms. The highest BCUT2D eigenvalue weighted by Crippen LogP contribution is 2.18. The predicted octanol–water partition coefficient (Wildman–Crippen LogP) is 1.34. The molecule has 1 aromatic heterocycles. The lowest BCUT2D eigenvalue weighted by molar-refractivity contribution is 0.0616. The summed E-state index contributed by atoms with van der Waals surface area (Å²) in [5.41, 5.74) is 2.13. The number of likely N-dealkylation sites (tertiary alicyclic amines) is 1. The van der Waals surface area contributed by atoms with E-state index < -0.39 is 5.60 Å². The van der Waals surface area contributed by atoms with Crippen molar-refractivity contribution in [3.05, 3.63) is 53.3 Å². The zero-order valence-corrected chi connectivity index (χ0v) is 18.9. The van der Waals surface area contributed by atoms with Crippen LogP contribution >= 0.6 is 0 Å². The molecule has 2 heterocycles. The van der Waals surface area contributed by atoms with E-state index in [1.54, 1.807) is 17.8 Å². The summed E-state index contributed by atoms with van der Waals surface area (Å²) in [5, 5.41) is 31.0. The van der Waals surface area contributed by atoms with Crippen molar-refractivity contribution >= 4 is 5.96 Å². The van der Waals surface area contributed by atoms with Crippen molar-refractivity contribution in [2.24, 2.45) is 12.0 Å². The molecular formula is C23H36N6O2. The van der Waals surface area contributed by atoms with E-state index in [0.29, 0.717) is 19.0 Å². The Morgan fingerprint density at radius 3 is 2.48 bits per heavy atom. The number of piperidine rings is 1. The molecule has 1 aromatic carbocycles. The second kappa shape index (κ2) is 10.7. The lowest BCUT2D eigenvalue weighted by Crippen LogP contribution is -2.44. The number of hydrogen-bond donors (Lipinski definition) is 4. The average molecular weight is 429 g/mol. The van der Waals surface area contributed by atoms with E-state index in [1.807, 2.05) is 20.2 Å². The SMILES string of the molecule is CCNC(=NCc1ccc(CN2CCC(O)CC2)cc1)NCC(C)(O)c1cnn(C)c1. The van der Waals surface area contributed by atoms with Crippen LogP contribution in [0.15, 0.2) is 41.7 Å². The first-order chi connectivity index (χ1) is 14.9. The van der Waals surface area contributed by atoms with Gasteiger partial charge in [0.15, 0.2) is 5.96 Å². The van der Waals surface area contributed by atoms with Gasteiger partial charge in [-0.05, 0) is 37.8 Å². The molecule has 170 valence electrons. The van der Waals surface area contributed by atoms with Crippen LogP contribution in [0.3, 0.4) is 0 Å². The second-order valence-corrected chi connectivity index (χ2v) is 8.55. The van der Waals surface area contributed by atoms with Crippen LogP contribution in [0.2, 0.25) is 0 Å². The standard InChI is InChI=1S/C23H36N6O2/c1-4-24-22(26-17-23(2,31)20-14-27-28(3)16-20)25-13-18-5-7-19(8-6-18)15-29-11-9-21(30)10-12-29/h5-8,14,16,21,30-31H,4,9-13,15,17H2,1-3H3,(H2,24,25,26). The third kappa shape index (κ3) is 7.05. The molecule has 1 aliphatic rings. The first kappa shape index (κ1) is 23.2. The maximum atomic E-state index is 10.8. The first-order valence-electron chi connectivity index (χ1n) is 11.1. The van der Waals surface area contributed by atoms with Gasteiger partial charge in [-0.1, -0.05) is 24.3 Å². The Kier molecular flexibility index (Phi) is 8.06. The van der Waals surface area contributed by atoms with E-state index in [4.69, 9.17) is 0 Å². The molecule has 1 atom stereocenters. The lowest BCUT2D eigenvalue weighted by Gasteiger charge is -2.29. The number of aromatic nitrogens is 2. The lowest BCUT2D eigenvalue weighted by atomic mass is 10.00. The Morgan fingerprint density at radius 1 is 1.19 bits per heavy atom. The highest BCUT2D eigenvalue weighted by molar-refractivity contribution is 5.79. The maximum absolute atomic E-state index is 10.8. The minimum absolute atomic E-state index is 0.135. The zero-order valence-electron chi connectivity index (χ0n) is 18.9. The Morgan fingerprint density at radius 2 is 1.87 bits per heavy atom. The topological polar surface area (TPSA) is 97.9 Å². The zero-order chi connectivity index (χ0) is 22.3. The van der Waals surface area contributed by atoms with Crippen LogP contribution in [-0.4, -0.2) is 63.1 Å². The van der Waals surface area contributed by atoms with Crippen molar-refractivity contribution in [3.63, 3.8) is 0 Å². The van der Waals surface area contributed by atoms with Crippen molar-refractivity contribution in [2.45, 2.75) is 51.5 Å². The van der Waals surface area contributed by atoms with Crippen LogP contribution < -0.4 is 10.6 Å². The fourth-order valence-electron chi connectivity index (χ4n) is 3.66. The minimum atomic E-state index is -1.05. The molecule has 0 radical (unpaired) electrons. The van der Waals surface area contributed by atoms with Crippen molar-refractivity contribution in [2.75, 3.05) is 26.2 Å². The Balaban J connectivity index is 1.53. The minimum Gasteiger partial charge on any atom is -0.393 e. The van der Waals surface area contributed by atoms with Crippen molar-refractivity contribution in [3.8, 4) is 0 Å². The molecule has 0 saturated carbocycles. The van der Waals surface area contributed by atoms with Crippen molar-refractivity contribution < 1.29 is 10.2 Å². The summed E-state index contributed by atoms with van der Waals surface area (Å²) in [6.07, 6.45) is 5.09. The number of aryl methyl sites for hydroxylation is 1.